The minimum atomic E-state index is -0.562. The van der Waals surface area contributed by atoms with Crippen LogP contribution >= 0.6 is 23.2 Å². The van der Waals surface area contributed by atoms with Gasteiger partial charge in [0.1, 0.15) is 6.04 Å². The van der Waals surface area contributed by atoms with E-state index in [1.807, 2.05) is 38.1 Å². The molecule has 1 atom stereocenters. The number of hydrogen-bond donors (Lipinski definition) is 1. The Labute approximate surface area is 201 Å². The van der Waals surface area contributed by atoms with Crippen molar-refractivity contribution >= 4 is 35.0 Å². The molecule has 1 fully saturated rings. The highest BCUT2D eigenvalue weighted by Gasteiger charge is 2.31. The lowest BCUT2D eigenvalue weighted by Gasteiger charge is -2.32. The topological polar surface area (TPSA) is 49.4 Å². The summed E-state index contributed by atoms with van der Waals surface area (Å²) in [5.41, 5.74) is 2.96. The summed E-state index contributed by atoms with van der Waals surface area (Å²) < 4.78 is 0. The zero-order chi connectivity index (χ0) is 23.1. The highest BCUT2D eigenvalue weighted by molar-refractivity contribution is 6.36. The average Bonchev–Trinajstić information content (AvgIpc) is 3.28. The number of carbonyl (C=O) groups excluding carboxylic acids is 2. The van der Waals surface area contributed by atoms with Gasteiger partial charge in [-0.25, -0.2) is 0 Å². The van der Waals surface area contributed by atoms with E-state index in [1.165, 1.54) is 5.56 Å². The van der Waals surface area contributed by atoms with Gasteiger partial charge in [-0.3, -0.25) is 9.59 Å². The van der Waals surface area contributed by atoms with Crippen molar-refractivity contribution < 1.29 is 9.59 Å². The highest BCUT2D eigenvalue weighted by atomic mass is 35.5. The predicted molar refractivity (Wildman–Crippen MR) is 131 cm³/mol. The molecule has 3 rings (SSSR count). The summed E-state index contributed by atoms with van der Waals surface area (Å²) >= 11 is 12.8. The van der Waals surface area contributed by atoms with Crippen molar-refractivity contribution in [2.75, 3.05) is 0 Å². The van der Waals surface area contributed by atoms with Crippen LogP contribution < -0.4 is 5.32 Å². The monoisotopic (exact) mass is 474 g/mol. The fraction of sp³-hybridized carbons (Fsp3) is 0.462. The third kappa shape index (κ3) is 6.49. The lowest BCUT2D eigenvalue weighted by atomic mass is 10.0. The van der Waals surface area contributed by atoms with Crippen LogP contribution in [-0.4, -0.2) is 28.8 Å². The summed E-state index contributed by atoms with van der Waals surface area (Å²) in [5.74, 6) is -0.166. The molecule has 0 heterocycles. The summed E-state index contributed by atoms with van der Waals surface area (Å²) in [6.45, 7) is 4.19. The van der Waals surface area contributed by atoms with Crippen molar-refractivity contribution in [3.05, 3.63) is 69.2 Å². The van der Waals surface area contributed by atoms with E-state index in [0.717, 1.165) is 31.2 Å². The smallest absolute Gasteiger partial charge is 0.243 e. The maximum absolute atomic E-state index is 13.4. The number of benzene rings is 2. The molecule has 1 N–H and O–H groups in total. The summed E-state index contributed by atoms with van der Waals surface area (Å²) in [6.07, 6.45) is 5.73. The predicted octanol–water partition coefficient (Wildman–Crippen LogP) is 6.10. The second kappa shape index (κ2) is 11.7. The van der Waals surface area contributed by atoms with Gasteiger partial charge >= 0.3 is 0 Å². The van der Waals surface area contributed by atoms with E-state index in [9.17, 15) is 9.59 Å². The molecule has 0 saturated heterocycles. The molecule has 1 aliphatic rings. The molecule has 0 aromatic heterocycles. The van der Waals surface area contributed by atoms with Crippen LogP contribution in [0.3, 0.4) is 0 Å². The van der Waals surface area contributed by atoms with Gasteiger partial charge in [0.2, 0.25) is 11.8 Å². The second-order valence-corrected chi connectivity index (χ2v) is 9.44. The molecule has 4 nitrogen and oxygen atoms in total. The molecule has 2 amide bonds. The molecule has 6 heteroatoms. The third-order valence-corrected chi connectivity index (χ3v) is 6.93. The number of carbonyl (C=O) groups is 2. The number of amides is 2. The van der Waals surface area contributed by atoms with Gasteiger partial charge in [-0.05, 0) is 50.3 Å². The van der Waals surface area contributed by atoms with Crippen LogP contribution in [-0.2, 0) is 22.6 Å². The van der Waals surface area contributed by atoms with Gasteiger partial charge in [-0.2, -0.15) is 0 Å². The van der Waals surface area contributed by atoms with Crippen LogP contribution in [0.5, 0.6) is 0 Å². The molecule has 0 spiro atoms. The summed E-state index contributed by atoms with van der Waals surface area (Å²) in [7, 11) is 0. The Balaban J connectivity index is 1.80. The molecule has 0 aliphatic heterocycles. The standard InChI is InChI=1S/C26H32Cl2N2O2/c1-3-24(26(32)29-20-7-4-5-8-20)30(17-21-22(27)9-6-10-23(21)28)25(31)16-15-19-13-11-18(2)12-14-19/h6,9-14,20,24H,3-5,7-8,15-17H2,1-2H3,(H,29,32)/t24-/m0/s1. The molecule has 2 aromatic carbocycles. The van der Waals surface area contributed by atoms with Gasteiger partial charge in [-0.1, -0.05) is 78.9 Å². The van der Waals surface area contributed by atoms with E-state index in [4.69, 9.17) is 23.2 Å². The van der Waals surface area contributed by atoms with Gasteiger partial charge in [0.15, 0.2) is 0 Å². The molecule has 2 aromatic rings. The van der Waals surface area contributed by atoms with E-state index in [1.54, 1.807) is 23.1 Å². The minimum Gasteiger partial charge on any atom is -0.352 e. The Morgan fingerprint density at radius 2 is 1.69 bits per heavy atom. The Morgan fingerprint density at radius 3 is 2.28 bits per heavy atom. The van der Waals surface area contributed by atoms with Crippen LogP contribution in [0.15, 0.2) is 42.5 Å². The SMILES string of the molecule is CC[C@@H](C(=O)NC1CCCC1)N(Cc1c(Cl)cccc1Cl)C(=O)CCc1ccc(C)cc1. The fourth-order valence-electron chi connectivity index (χ4n) is 4.29. The van der Waals surface area contributed by atoms with Gasteiger partial charge in [0, 0.05) is 34.6 Å². The second-order valence-electron chi connectivity index (χ2n) is 8.62. The molecule has 0 unspecified atom stereocenters. The van der Waals surface area contributed by atoms with Crippen molar-refractivity contribution in [3.63, 3.8) is 0 Å². The van der Waals surface area contributed by atoms with E-state index in [-0.39, 0.29) is 24.4 Å². The molecular formula is C26H32Cl2N2O2. The van der Waals surface area contributed by atoms with E-state index >= 15 is 0 Å². The first-order chi connectivity index (χ1) is 15.4. The van der Waals surface area contributed by atoms with Crippen molar-refractivity contribution in [2.45, 2.75) is 77.4 Å². The zero-order valence-corrected chi connectivity index (χ0v) is 20.4. The lowest BCUT2D eigenvalue weighted by Crippen LogP contribution is -2.51. The van der Waals surface area contributed by atoms with Crippen molar-refractivity contribution in [3.8, 4) is 0 Å². The average molecular weight is 475 g/mol. The normalized spacial score (nSPS) is 14.9. The largest absolute Gasteiger partial charge is 0.352 e. The third-order valence-electron chi connectivity index (χ3n) is 6.23. The minimum absolute atomic E-state index is 0.0741. The van der Waals surface area contributed by atoms with Crippen LogP contribution in [0.2, 0.25) is 10.0 Å². The number of rotatable bonds is 9. The Bertz CT molecular complexity index is 904. The summed E-state index contributed by atoms with van der Waals surface area (Å²) in [6, 6.07) is 13.1. The molecule has 1 saturated carbocycles. The maximum atomic E-state index is 13.4. The summed E-state index contributed by atoms with van der Waals surface area (Å²) in [5, 5.41) is 4.16. The fourth-order valence-corrected chi connectivity index (χ4v) is 4.81. The van der Waals surface area contributed by atoms with Crippen LogP contribution in [0.1, 0.15) is 62.1 Å². The van der Waals surface area contributed by atoms with Gasteiger partial charge < -0.3 is 10.2 Å². The molecule has 32 heavy (non-hydrogen) atoms. The number of nitrogens with zero attached hydrogens (tertiary/aromatic N) is 1. The van der Waals surface area contributed by atoms with E-state index in [0.29, 0.717) is 34.9 Å². The van der Waals surface area contributed by atoms with Crippen molar-refractivity contribution in [1.82, 2.24) is 10.2 Å². The molecule has 0 bridgehead atoms. The lowest BCUT2D eigenvalue weighted by molar-refractivity contribution is -0.141. The van der Waals surface area contributed by atoms with Gasteiger partial charge in [0.25, 0.3) is 0 Å². The molecule has 172 valence electrons. The quantitative estimate of drug-likeness (QED) is 0.477. The Kier molecular flexibility index (Phi) is 9.01. The first-order valence-electron chi connectivity index (χ1n) is 11.5. The van der Waals surface area contributed by atoms with E-state index < -0.39 is 6.04 Å². The molecule has 1 aliphatic carbocycles. The van der Waals surface area contributed by atoms with Crippen molar-refractivity contribution in [1.29, 1.82) is 0 Å². The van der Waals surface area contributed by atoms with Gasteiger partial charge in [-0.15, -0.1) is 0 Å². The van der Waals surface area contributed by atoms with Gasteiger partial charge in [0.05, 0.1) is 0 Å². The number of hydrogen-bond acceptors (Lipinski definition) is 2. The number of aryl methyl sites for hydroxylation is 2. The van der Waals surface area contributed by atoms with Crippen LogP contribution in [0, 0.1) is 6.92 Å². The summed E-state index contributed by atoms with van der Waals surface area (Å²) in [4.78, 5) is 28.2. The van der Waals surface area contributed by atoms with Crippen LogP contribution in [0.25, 0.3) is 0 Å². The molecule has 0 radical (unpaired) electrons. The van der Waals surface area contributed by atoms with E-state index in [2.05, 4.69) is 5.32 Å². The first-order valence-corrected chi connectivity index (χ1v) is 12.2. The first kappa shape index (κ1) is 24.6. The Hall–Kier alpha value is -2.04. The van der Waals surface area contributed by atoms with Crippen LogP contribution in [0.4, 0.5) is 0 Å². The number of nitrogens with one attached hydrogen (secondary N) is 1. The Morgan fingerprint density at radius 1 is 1.06 bits per heavy atom. The molecular weight excluding hydrogens is 443 g/mol. The van der Waals surface area contributed by atoms with Crippen molar-refractivity contribution in [2.24, 2.45) is 0 Å². The number of halogens is 2. The zero-order valence-electron chi connectivity index (χ0n) is 18.9. The maximum Gasteiger partial charge on any atom is 0.243 e. The highest BCUT2D eigenvalue weighted by Crippen LogP contribution is 2.28.